The summed E-state index contributed by atoms with van der Waals surface area (Å²) in [5.74, 6) is 0.180. The van der Waals surface area contributed by atoms with E-state index in [2.05, 4.69) is 20.3 Å². The summed E-state index contributed by atoms with van der Waals surface area (Å²) < 4.78 is 39.3. The lowest BCUT2D eigenvalue weighted by Gasteiger charge is -2.21. The Morgan fingerprint density at radius 3 is 2.56 bits per heavy atom. The third-order valence-corrected chi connectivity index (χ3v) is 6.12. The molecule has 36 heavy (non-hydrogen) atoms. The van der Waals surface area contributed by atoms with Crippen LogP contribution in [0.4, 0.5) is 23.7 Å². The van der Waals surface area contributed by atoms with Crippen molar-refractivity contribution in [2.24, 2.45) is 15.0 Å². The van der Waals surface area contributed by atoms with E-state index in [0.29, 0.717) is 24.4 Å². The van der Waals surface area contributed by atoms with E-state index in [1.54, 1.807) is 26.3 Å². The Kier molecular flexibility index (Phi) is 9.03. The van der Waals surface area contributed by atoms with Crippen LogP contribution in [0.25, 0.3) is 0 Å². The molecule has 0 unspecified atom stereocenters. The molecular weight excluding hydrogens is 491 g/mol. The minimum Gasteiger partial charge on any atom is -0.336 e. The van der Waals surface area contributed by atoms with Crippen LogP contribution in [-0.4, -0.2) is 54.7 Å². The second-order valence-electron chi connectivity index (χ2n) is 7.95. The smallest absolute Gasteiger partial charge is 0.336 e. The van der Waals surface area contributed by atoms with Gasteiger partial charge in [-0.15, -0.1) is 0 Å². The molecule has 0 spiro atoms. The van der Waals surface area contributed by atoms with Crippen molar-refractivity contribution >= 4 is 46.6 Å². The molecule has 2 aromatic rings. The number of rotatable bonds is 6. The maximum Gasteiger partial charge on any atom is 0.393 e. The molecule has 1 saturated heterocycles. The molecule has 0 radical (unpaired) electrons. The van der Waals surface area contributed by atoms with Gasteiger partial charge in [0.2, 0.25) is 5.91 Å². The van der Waals surface area contributed by atoms with Crippen molar-refractivity contribution in [3.63, 3.8) is 0 Å². The highest BCUT2D eigenvalue weighted by atomic mass is 32.2. The summed E-state index contributed by atoms with van der Waals surface area (Å²) in [6.07, 6.45) is -3.43. The number of amidine groups is 2. The van der Waals surface area contributed by atoms with Crippen LogP contribution in [0.2, 0.25) is 0 Å². The van der Waals surface area contributed by atoms with Gasteiger partial charge in [-0.3, -0.25) is 14.7 Å². The average molecular weight is 518 g/mol. The molecule has 3 rings (SSSR count). The number of alkyl halides is 3. The predicted molar refractivity (Wildman–Crippen MR) is 138 cm³/mol. The highest BCUT2D eigenvalue weighted by Gasteiger charge is 2.35. The second-order valence-corrected chi connectivity index (χ2v) is 8.89. The number of benzene rings is 2. The van der Waals surface area contributed by atoms with E-state index in [1.165, 1.54) is 12.1 Å². The van der Waals surface area contributed by atoms with Crippen LogP contribution >= 0.6 is 11.8 Å². The van der Waals surface area contributed by atoms with Crippen LogP contribution in [0, 0.1) is 6.92 Å². The number of anilines is 1. The Morgan fingerprint density at radius 1 is 1.19 bits per heavy atom. The summed E-state index contributed by atoms with van der Waals surface area (Å²) in [4.78, 5) is 38.4. The summed E-state index contributed by atoms with van der Waals surface area (Å²) >= 11 is 1.02. The Labute approximate surface area is 211 Å². The molecule has 1 fully saturated rings. The van der Waals surface area contributed by atoms with Crippen molar-refractivity contribution in [1.82, 2.24) is 5.32 Å². The molecule has 0 saturated carbocycles. The summed E-state index contributed by atoms with van der Waals surface area (Å²) in [7, 11) is 1.67. The molecule has 2 aromatic carbocycles. The molecule has 3 amide bonds. The zero-order chi connectivity index (χ0) is 26.3. The Balaban J connectivity index is 1.68. The van der Waals surface area contributed by atoms with Crippen molar-refractivity contribution in [3.8, 4) is 0 Å². The normalized spacial score (nSPS) is 15.8. The van der Waals surface area contributed by atoms with Crippen molar-refractivity contribution in [3.05, 3.63) is 64.7 Å². The van der Waals surface area contributed by atoms with Gasteiger partial charge in [-0.2, -0.15) is 18.2 Å². The predicted octanol–water partition coefficient (Wildman–Crippen LogP) is 4.96. The van der Waals surface area contributed by atoms with Gasteiger partial charge in [0.1, 0.15) is 0 Å². The zero-order valence-corrected chi connectivity index (χ0v) is 20.9. The van der Waals surface area contributed by atoms with Crippen LogP contribution in [0.15, 0.2) is 57.4 Å². The first-order valence-electron chi connectivity index (χ1n) is 11.1. The quantitative estimate of drug-likeness (QED) is 0.434. The maximum atomic E-state index is 13.1. The van der Waals surface area contributed by atoms with Crippen LogP contribution in [0.1, 0.15) is 29.2 Å². The van der Waals surface area contributed by atoms with E-state index < -0.39 is 24.5 Å². The number of amides is 3. The van der Waals surface area contributed by atoms with Gasteiger partial charge in [0.05, 0.1) is 17.9 Å². The summed E-state index contributed by atoms with van der Waals surface area (Å²) in [5, 5.41) is 2.73. The van der Waals surface area contributed by atoms with E-state index in [4.69, 9.17) is 0 Å². The number of thioether (sulfide) groups is 1. The molecule has 0 atom stereocenters. The molecule has 7 nitrogen and oxygen atoms in total. The lowest BCUT2D eigenvalue weighted by atomic mass is 10.1. The van der Waals surface area contributed by atoms with Crippen molar-refractivity contribution in [2.75, 3.05) is 24.2 Å². The number of aryl methyl sites for hydroxylation is 1. The van der Waals surface area contributed by atoms with E-state index >= 15 is 0 Å². The van der Waals surface area contributed by atoms with Crippen molar-refractivity contribution in [2.45, 2.75) is 32.9 Å². The van der Waals surface area contributed by atoms with Gasteiger partial charge in [-0.25, -0.2) is 9.79 Å². The molecule has 1 aliphatic rings. The zero-order valence-electron chi connectivity index (χ0n) is 20.1. The van der Waals surface area contributed by atoms with E-state index in [0.717, 1.165) is 27.8 Å². The number of halogens is 3. The first-order chi connectivity index (χ1) is 17.1. The molecule has 0 bridgehead atoms. The Hall–Kier alpha value is -3.47. The van der Waals surface area contributed by atoms with Gasteiger partial charge < -0.3 is 5.32 Å². The number of urea groups is 1. The van der Waals surface area contributed by atoms with Gasteiger partial charge in [0, 0.05) is 25.4 Å². The molecule has 1 N–H and O–H groups in total. The lowest BCUT2D eigenvalue weighted by Crippen LogP contribution is -2.33. The average Bonchev–Trinajstić information content (AvgIpc) is 3.18. The standard InChI is InChI=1S/C25H26F3N5O2S/c1-4-30-22(29-3)18-9-6-17(7-10-18)11-12-31-23(35)32-24-33(21(34)15-36-24)20-13-16(2)5-8-19(20)14-25(26,27)28/h4-10,13H,11-12,14-15H2,1-3H3,(H,31,35)/b29-22?,30-4?,32-24-. The van der Waals surface area contributed by atoms with Gasteiger partial charge in [0.25, 0.3) is 0 Å². The van der Waals surface area contributed by atoms with Gasteiger partial charge in [-0.1, -0.05) is 48.2 Å². The van der Waals surface area contributed by atoms with Crippen molar-refractivity contribution < 1.29 is 22.8 Å². The first kappa shape index (κ1) is 27.1. The molecule has 190 valence electrons. The first-order valence-corrected chi connectivity index (χ1v) is 12.1. The third-order valence-electron chi connectivity index (χ3n) is 5.20. The fourth-order valence-corrected chi connectivity index (χ4v) is 4.43. The molecular formula is C25H26F3N5O2S. The monoisotopic (exact) mass is 517 g/mol. The van der Waals surface area contributed by atoms with Crippen LogP contribution in [0.3, 0.4) is 0 Å². The summed E-state index contributed by atoms with van der Waals surface area (Å²) in [5.41, 5.74) is 2.58. The largest absolute Gasteiger partial charge is 0.393 e. The SMILES string of the molecule is CC=NC(=NC)c1ccc(CCNC(=O)/N=C2\SCC(=O)N2c2cc(C)ccc2CC(F)(F)F)cc1. The number of carbonyl (C=O) groups is 2. The van der Waals surface area contributed by atoms with E-state index in [1.807, 2.05) is 31.2 Å². The Morgan fingerprint density at radius 2 is 1.92 bits per heavy atom. The number of hydrogen-bond acceptors (Lipinski definition) is 4. The number of aliphatic imine (C=N–C) groups is 3. The maximum absolute atomic E-state index is 13.1. The number of nitrogens with one attached hydrogen (secondary N) is 1. The highest BCUT2D eigenvalue weighted by molar-refractivity contribution is 8.15. The molecule has 1 aliphatic heterocycles. The van der Waals surface area contributed by atoms with Gasteiger partial charge >= 0.3 is 12.2 Å². The minimum atomic E-state index is -4.44. The van der Waals surface area contributed by atoms with E-state index in [-0.39, 0.29) is 22.2 Å². The molecule has 0 aromatic heterocycles. The van der Waals surface area contributed by atoms with Gasteiger partial charge in [-0.05, 0) is 43.0 Å². The molecule has 1 heterocycles. The molecule has 0 aliphatic carbocycles. The van der Waals surface area contributed by atoms with Crippen molar-refractivity contribution in [1.29, 1.82) is 0 Å². The number of hydrogen-bond donors (Lipinski definition) is 1. The van der Waals surface area contributed by atoms with E-state index in [9.17, 15) is 22.8 Å². The minimum absolute atomic E-state index is 0.0109. The Bertz CT molecular complexity index is 1210. The van der Waals surface area contributed by atoms with Gasteiger partial charge in [0.15, 0.2) is 11.0 Å². The number of nitrogens with zero attached hydrogens (tertiary/aromatic N) is 4. The number of carbonyl (C=O) groups excluding carboxylic acids is 2. The lowest BCUT2D eigenvalue weighted by molar-refractivity contribution is -0.127. The fourth-order valence-electron chi connectivity index (χ4n) is 3.57. The highest BCUT2D eigenvalue weighted by Crippen LogP contribution is 2.34. The fraction of sp³-hybridized carbons (Fsp3) is 0.320. The summed E-state index contributed by atoms with van der Waals surface area (Å²) in [6, 6.07) is 11.4. The van der Waals surface area contributed by atoms with Crippen LogP contribution in [-0.2, 0) is 17.6 Å². The third kappa shape index (κ3) is 7.27. The second kappa shape index (κ2) is 12.0. The topological polar surface area (TPSA) is 86.5 Å². The van der Waals surface area contributed by atoms with Crippen LogP contribution < -0.4 is 10.2 Å². The molecule has 11 heteroatoms. The summed E-state index contributed by atoms with van der Waals surface area (Å²) in [6.45, 7) is 3.82. The van der Waals surface area contributed by atoms with Crippen LogP contribution in [0.5, 0.6) is 0 Å².